The fourth-order valence-corrected chi connectivity index (χ4v) is 3.38. The van der Waals surface area contributed by atoms with Gasteiger partial charge in [0.1, 0.15) is 12.6 Å². The molecule has 134 valence electrons. The Kier molecular flexibility index (Phi) is 5.38. The topological polar surface area (TPSA) is 80.6 Å². The highest BCUT2D eigenvalue weighted by molar-refractivity contribution is 5.96. The van der Waals surface area contributed by atoms with Crippen molar-refractivity contribution in [1.29, 1.82) is 0 Å². The number of carboxylic acid groups (broad SMARTS) is 1. The zero-order valence-corrected chi connectivity index (χ0v) is 14.4. The lowest BCUT2D eigenvalue weighted by Crippen LogP contribution is -2.32. The number of carbonyl (C=O) groups is 2. The normalized spacial score (nSPS) is 16.2. The number of benzene rings is 1. The fraction of sp³-hybridized carbons (Fsp3) is 0.474. The first kappa shape index (κ1) is 17.5. The van der Waals surface area contributed by atoms with Gasteiger partial charge in [0.15, 0.2) is 0 Å². The highest BCUT2D eigenvalue weighted by Gasteiger charge is 2.24. The van der Waals surface area contributed by atoms with Gasteiger partial charge in [0.05, 0.1) is 6.10 Å². The molecule has 0 saturated heterocycles. The first-order valence-electron chi connectivity index (χ1n) is 8.84. The maximum atomic E-state index is 12.5. The first-order valence-corrected chi connectivity index (χ1v) is 8.84. The summed E-state index contributed by atoms with van der Waals surface area (Å²) in [6.45, 7) is 1.87. The third-order valence-electron chi connectivity index (χ3n) is 4.67. The summed E-state index contributed by atoms with van der Waals surface area (Å²) in [4.78, 5) is 23.4. The quantitative estimate of drug-likeness (QED) is 0.807. The van der Waals surface area contributed by atoms with Crippen LogP contribution >= 0.6 is 0 Å². The lowest BCUT2D eigenvalue weighted by Gasteiger charge is -2.20. The monoisotopic (exact) mass is 344 g/mol. The van der Waals surface area contributed by atoms with Crippen molar-refractivity contribution in [1.82, 2.24) is 4.57 Å². The Bertz CT molecular complexity index is 762. The van der Waals surface area contributed by atoms with E-state index in [-0.39, 0.29) is 18.6 Å². The Balaban J connectivity index is 1.68. The van der Waals surface area contributed by atoms with E-state index in [9.17, 15) is 9.59 Å². The minimum Gasteiger partial charge on any atom is -0.480 e. The Morgan fingerprint density at radius 2 is 2.08 bits per heavy atom. The second kappa shape index (κ2) is 7.70. The van der Waals surface area contributed by atoms with E-state index in [4.69, 9.17) is 9.84 Å². The molecular formula is C19H24N2O4. The molecule has 25 heavy (non-hydrogen) atoms. The molecule has 3 rings (SSSR count). The zero-order valence-electron chi connectivity index (χ0n) is 14.4. The van der Waals surface area contributed by atoms with Crippen LogP contribution in [0.25, 0.3) is 10.9 Å². The van der Waals surface area contributed by atoms with E-state index in [1.165, 1.54) is 12.8 Å². The first-order chi connectivity index (χ1) is 12.1. The molecule has 0 bridgehead atoms. The molecule has 0 aliphatic heterocycles. The molecule has 1 saturated carbocycles. The molecule has 0 radical (unpaired) electrons. The summed E-state index contributed by atoms with van der Waals surface area (Å²) in [5, 5.41) is 12.7. The summed E-state index contributed by atoms with van der Waals surface area (Å²) < 4.78 is 7.62. The van der Waals surface area contributed by atoms with Crippen LogP contribution in [0, 0.1) is 0 Å². The van der Waals surface area contributed by atoms with Crippen molar-refractivity contribution >= 4 is 28.5 Å². The summed E-state index contributed by atoms with van der Waals surface area (Å²) in [6.07, 6.45) is 6.56. The van der Waals surface area contributed by atoms with Crippen LogP contribution in [0.3, 0.4) is 0 Å². The summed E-state index contributed by atoms with van der Waals surface area (Å²) in [5.74, 6) is -1.01. The van der Waals surface area contributed by atoms with Crippen LogP contribution in [0.1, 0.15) is 39.0 Å². The van der Waals surface area contributed by atoms with E-state index in [0.717, 1.165) is 23.7 Å². The molecule has 1 heterocycles. The number of nitrogens with zero attached hydrogens (tertiary/aromatic N) is 1. The molecule has 1 aromatic heterocycles. The molecular weight excluding hydrogens is 320 g/mol. The van der Waals surface area contributed by atoms with Gasteiger partial charge in [0, 0.05) is 22.8 Å². The molecule has 6 nitrogen and oxygen atoms in total. The molecule has 2 N–H and O–H groups in total. The van der Waals surface area contributed by atoms with Gasteiger partial charge in [0.25, 0.3) is 5.91 Å². The Labute approximate surface area is 146 Å². The minimum atomic E-state index is -0.885. The van der Waals surface area contributed by atoms with Crippen LogP contribution in [0.15, 0.2) is 30.5 Å². The van der Waals surface area contributed by atoms with E-state index in [0.29, 0.717) is 12.1 Å². The molecule has 6 heteroatoms. The van der Waals surface area contributed by atoms with Crippen molar-refractivity contribution in [3.8, 4) is 0 Å². The number of hydrogen-bond donors (Lipinski definition) is 2. The summed E-state index contributed by atoms with van der Waals surface area (Å²) >= 11 is 0. The highest BCUT2D eigenvalue weighted by Crippen LogP contribution is 2.24. The van der Waals surface area contributed by atoms with E-state index in [2.05, 4.69) is 5.32 Å². The SMILES string of the molecule is CCC(OC1CCCC1)C(=O)Nc1ccc2c(ccn2CC(=O)O)c1. The van der Waals surface area contributed by atoms with Gasteiger partial charge in [-0.05, 0) is 43.5 Å². The van der Waals surface area contributed by atoms with Crippen molar-refractivity contribution in [2.24, 2.45) is 0 Å². The summed E-state index contributed by atoms with van der Waals surface area (Å²) in [6, 6.07) is 7.32. The maximum Gasteiger partial charge on any atom is 0.323 e. The van der Waals surface area contributed by atoms with Crippen molar-refractivity contribution in [2.75, 3.05) is 5.32 Å². The number of rotatable bonds is 7. The molecule has 1 fully saturated rings. The lowest BCUT2D eigenvalue weighted by molar-refractivity contribution is -0.137. The number of aliphatic carboxylic acids is 1. The Hall–Kier alpha value is -2.34. The number of carbonyl (C=O) groups excluding carboxylic acids is 1. The number of aromatic nitrogens is 1. The number of amides is 1. The van der Waals surface area contributed by atoms with Crippen LogP contribution in [0.2, 0.25) is 0 Å². The molecule has 1 amide bonds. The molecule has 2 aromatic rings. The van der Waals surface area contributed by atoms with Gasteiger partial charge in [-0.3, -0.25) is 9.59 Å². The van der Waals surface area contributed by atoms with E-state index < -0.39 is 12.1 Å². The van der Waals surface area contributed by atoms with Crippen LogP contribution in [0.5, 0.6) is 0 Å². The van der Waals surface area contributed by atoms with Crippen LogP contribution in [-0.2, 0) is 20.9 Å². The Morgan fingerprint density at radius 3 is 2.76 bits per heavy atom. The highest BCUT2D eigenvalue weighted by atomic mass is 16.5. The fourth-order valence-electron chi connectivity index (χ4n) is 3.38. The predicted molar refractivity (Wildman–Crippen MR) is 95.6 cm³/mol. The van der Waals surface area contributed by atoms with Gasteiger partial charge in [-0.25, -0.2) is 0 Å². The number of carboxylic acids is 1. The number of fused-ring (bicyclic) bond motifs is 1. The molecule has 1 unspecified atom stereocenters. The second-order valence-electron chi connectivity index (χ2n) is 6.54. The second-order valence-corrected chi connectivity index (χ2v) is 6.54. The average molecular weight is 344 g/mol. The van der Waals surface area contributed by atoms with Gasteiger partial charge in [-0.2, -0.15) is 0 Å². The van der Waals surface area contributed by atoms with Gasteiger partial charge in [-0.15, -0.1) is 0 Å². The number of nitrogens with one attached hydrogen (secondary N) is 1. The maximum absolute atomic E-state index is 12.5. The molecule has 1 aliphatic rings. The van der Waals surface area contributed by atoms with Crippen molar-refractivity contribution < 1.29 is 19.4 Å². The minimum absolute atomic E-state index is 0.0810. The number of hydrogen-bond acceptors (Lipinski definition) is 3. The van der Waals surface area contributed by atoms with E-state index in [1.807, 2.05) is 25.1 Å². The van der Waals surface area contributed by atoms with E-state index >= 15 is 0 Å². The largest absolute Gasteiger partial charge is 0.480 e. The van der Waals surface area contributed by atoms with Crippen LogP contribution < -0.4 is 5.32 Å². The predicted octanol–water partition coefficient (Wildman–Crippen LogP) is 3.40. The van der Waals surface area contributed by atoms with E-state index in [1.54, 1.807) is 16.8 Å². The molecule has 1 atom stereocenters. The lowest BCUT2D eigenvalue weighted by atomic mass is 10.2. The molecule has 1 aliphatic carbocycles. The van der Waals surface area contributed by atoms with Gasteiger partial charge >= 0.3 is 5.97 Å². The van der Waals surface area contributed by atoms with Crippen molar-refractivity contribution in [3.05, 3.63) is 30.5 Å². The molecule has 0 spiro atoms. The molecule has 1 aromatic carbocycles. The number of ether oxygens (including phenoxy) is 1. The van der Waals surface area contributed by atoms with Crippen molar-refractivity contribution in [3.63, 3.8) is 0 Å². The van der Waals surface area contributed by atoms with Crippen LogP contribution in [0.4, 0.5) is 5.69 Å². The Morgan fingerprint density at radius 1 is 1.32 bits per heavy atom. The summed E-state index contributed by atoms with van der Waals surface area (Å²) in [5.41, 5.74) is 1.52. The average Bonchev–Trinajstić information content (AvgIpc) is 3.22. The third kappa shape index (κ3) is 4.20. The zero-order chi connectivity index (χ0) is 17.8. The van der Waals surface area contributed by atoms with Gasteiger partial charge in [0.2, 0.25) is 0 Å². The standard InChI is InChI=1S/C19H24N2O4/c1-2-17(25-15-5-3-4-6-15)19(24)20-14-7-8-16-13(11-14)9-10-21(16)12-18(22)23/h7-11,15,17H,2-6,12H2,1H3,(H,20,24)(H,22,23). The van der Waals surface area contributed by atoms with Crippen molar-refractivity contribution in [2.45, 2.75) is 57.8 Å². The van der Waals surface area contributed by atoms with Crippen LogP contribution in [-0.4, -0.2) is 33.8 Å². The van der Waals surface area contributed by atoms with Gasteiger partial charge in [-0.1, -0.05) is 19.8 Å². The third-order valence-corrected chi connectivity index (χ3v) is 4.67. The number of anilines is 1. The summed E-state index contributed by atoms with van der Waals surface area (Å²) in [7, 11) is 0. The van der Waals surface area contributed by atoms with Gasteiger partial charge < -0.3 is 19.7 Å². The smallest absolute Gasteiger partial charge is 0.323 e.